The zero-order valence-electron chi connectivity index (χ0n) is 13.0. The van der Waals surface area contributed by atoms with Crippen LogP contribution in [0.4, 0.5) is 0 Å². The zero-order valence-corrected chi connectivity index (χ0v) is 13.0. The minimum Gasteiger partial charge on any atom is -0.465 e. The summed E-state index contributed by atoms with van der Waals surface area (Å²) >= 11 is 0. The fraction of sp³-hybridized carbons (Fsp3) is 0.100. The highest BCUT2D eigenvalue weighted by Crippen LogP contribution is 2.31. The van der Waals surface area contributed by atoms with Crippen LogP contribution in [-0.4, -0.2) is 18.1 Å². The number of carbonyl (C=O) groups is 1. The highest BCUT2D eigenvalue weighted by molar-refractivity contribution is 6.09. The Bertz CT molecular complexity index is 869. The molecule has 0 saturated heterocycles. The van der Waals surface area contributed by atoms with Crippen molar-refractivity contribution in [3.05, 3.63) is 78.5 Å². The standard InChI is InChI=1S/C20H17NO2/c1-3-9-17-18(20(22)23-2)15-12-7-8-13-16(15)19(21-17)14-10-5-4-6-11-14/h3-8,10-13H,1,9H2,2H3. The van der Waals surface area contributed by atoms with Gasteiger partial charge < -0.3 is 4.74 Å². The summed E-state index contributed by atoms with van der Waals surface area (Å²) in [6.45, 7) is 3.77. The summed E-state index contributed by atoms with van der Waals surface area (Å²) in [6, 6.07) is 17.7. The Morgan fingerprint density at radius 3 is 2.39 bits per heavy atom. The second-order valence-corrected chi connectivity index (χ2v) is 5.18. The summed E-state index contributed by atoms with van der Waals surface area (Å²) in [5.41, 5.74) is 3.09. The van der Waals surface area contributed by atoms with E-state index in [0.29, 0.717) is 17.7 Å². The smallest absolute Gasteiger partial charge is 0.340 e. The lowest BCUT2D eigenvalue weighted by molar-refractivity contribution is 0.0601. The number of carbonyl (C=O) groups excluding carboxylic acids is 1. The lowest BCUT2D eigenvalue weighted by Gasteiger charge is -2.14. The van der Waals surface area contributed by atoms with Crippen molar-refractivity contribution in [2.75, 3.05) is 7.11 Å². The number of rotatable bonds is 4. The summed E-state index contributed by atoms with van der Waals surface area (Å²) in [6.07, 6.45) is 2.26. The van der Waals surface area contributed by atoms with Gasteiger partial charge in [0.05, 0.1) is 24.1 Å². The van der Waals surface area contributed by atoms with Crippen LogP contribution < -0.4 is 0 Å². The lowest BCUT2D eigenvalue weighted by atomic mass is 9.97. The van der Waals surface area contributed by atoms with Crippen molar-refractivity contribution in [2.24, 2.45) is 0 Å². The Labute approximate surface area is 135 Å². The Balaban J connectivity index is 2.39. The quantitative estimate of drug-likeness (QED) is 0.529. The van der Waals surface area contributed by atoms with Gasteiger partial charge in [-0.05, 0) is 0 Å². The van der Waals surface area contributed by atoms with Crippen LogP contribution >= 0.6 is 0 Å². The van der Waals surface area contributed by atoms with E-state index in [9.17, 15) is 4.79 Å². The van der Waals surface area contributed by atoms with Crippen LogP contribution in [0.1, 0.15) is 16.1 Å². The third-order valence-corrected chi connectivity index (χ3v) is 3.76. The van der Waals surface area contributed by atoms with Crippen molar-refractivity contribution in [3.8, 4) is 11.3 Å². The summed E-state index contributed by atoms with van der Waals surface area (Å²) in [4.78, 5) is 17.0. The molecule has 0 bridgehead atoms. The first kappa shape index (κ1) is 15.0. The molecule has 23 heavy (non-hydrogen) atoms. The molecular formula is C20H17NO2. The summed E-state index contributed by atoms with van der Waals surface area (Å²) < 4.78 is 4.96. The first-order valence-corrected chi connectivity index (χ1v) is 7.42. The molecular weight excluding hydrogens is 286 g/mol. The molecule has 0 unspecified atom stereocenters. The first-order valence-electron chi connectivity index (χ1n) is 7.42. The summed E-state index contributed by atoms with van der Waals surface area (Å²) in [5, 5.41) is 1.79. The average Bonchev–Trinajstić information content (AvgIpc) is 2.61. The molecule has 0 aliphatic carbocycles. The van der Waals surface area contributed by atoms with Crippen LogP contribution in [0.5, 0.6) is 0 Å². The second-order valence-electron chi connectivity index (χ2n) is 5.18. The third kappa shape index (κ3) is 2.73. The SMILES string of the molecule is C=CCc1nc(-c2ccccc2)c2ccccc2c1C(=O)OC. The maximum Gasteiger partial charge on any atom is 0.340 e. The largest absolute Gasteiger partial charge is 0.465 e. The van der Waals surface area contributed by atoms with Gasteiger partial charge in [0, 0.05) is 22.8 Å². The van der Waals surface area contributed by atoms with Gasteiger partial charge >= 0.3 is 5.97 Å². The van der Waals surface area contributed by atoms with Crippen LogP contribution in [0.2, 0.25) is 0 Å². The molecule has 0 aliphatic heterocycles. The zero-order chi connectivity index (χ0) is 16.2. The van der Waals surface area contributed by atoms with Crippen LogP contribution in [-0.2, 0) is 11.2 Å². The van der Waals surface area contributed by atoms with Crippen molar-refractivity contribution < 1.29 is 9.53 Å². The molecule has 0 spiro atoms. The molecule has 0 aliphatic rings. The van der Waals surface area contributed by atoms with Crippen LogP contribution in [0.3, 0.4) is 0 Å². The maximum absolute atomic E-state index is 12.3. The van der Waals surface area contributed by atoms with E-state index in [0.717, 1.165) is 22.0 Å². The molecule has 0 saturated carbocycles. The molecule has 3 aromatic rings. The van der Waals surface area contributed by atoms with E-state index in [1.807, 2.05) is 54.6 Å². The normalized spacial score (nSPS) is 10.5. The number of fused-ring (bicyclic) bond motifs is 1. The molecule has 114 valence electrons. The molecule has 3 nitrogen and oxygen atoms in total. The highest BCUT2D eigenvalue weighted by Gasteiger charge is 2.19. The molecule has 0 N–H and O–H groups in total. The van der Waals surface area contributed by atoms with Gasteiger partial charge in [-0.3, -0.25) is 4.98 Å². The Morgan fingerprint density at radius 2 is 1.74 bits per heavy atom. The number of aromatic nitrogens is 1. The third-order valence-electron chi connectivity index (χ3n) is 3.76. The van der Waals surface area contributed by atoms with E-state index < -0.39 is 0 Å². The van der Waals surface area contributed by atoms with E-state index in [2.05, 4.69) is 6.58 Å². The van der Waals surface area contributed by atoms with E-state index in [4.69, 9.17) is 9.72 Å². The van der Waals surface area contributed by atoms with E-state index in [1.54, 1.807) is 6.08 Å². The van der Waals surface area contributed by atoms with Gasteiger partial charge in [0.1, 0.15) is 0 Å². The maximum atomic E-state index is 12.3. The molecule has 1 aromatic heterocycles. The molecule has 1 heterocycles. The van der Waals surface area contributed by atoms with Crippen molar-refractivity contribution in [1.82, 2.24) is 4.98 Å². The Hall–Kier alpha value is -2.94. The molecule has 2 aromatic carbocycles. The molecule has 3 rings (SSSR count). The number of methoxy groups -OCH3 is 1. The van der Waals surface area contributed by atoms with Gasteiger partial charge in [-0.15, -0.1) is 6.58 Å². The number of nitrogens with zero attached hydrogens (tertiary/aromatic N) is 1. The van der Waals surface area contributed by atoms with E-state index in [-0.39, 0.29) is 5.97 Å². The number of allylic oxidation sites excluding steroid dienone is 1. The number of ether oxygens (including phenoxy) is 1. The van der Waals surface area contributed by atoms with Crippen LogP contribution in [0.25, 0.3) is 22.0 Å². The number of benzene rings is 2. The number of hydrogen-bond donors (Lipinski definition) is 0. The van der Waals surface area contributed by atoms with E-state index >= 15 is 0 Å². The van der Waals surface area contributed by atoms with Crippen molar-refractivity contribution in [2.45, 2.75) is 6.42 Å². The molecule has 0 atom stereocenters. The fourth-order valence-corrected chi connectivity index (χ4v) is 2.74. The molecule has 0 amide bonds. The van der Waals surface area contributed by atoms with Gasteiger partial charge in [-0.25, -0.2) is 4.79 Å². The second kappa shape index (κ2) is 6.44. The van der Waals surface area contributed by atoms with Gasteiger partial charge in [-0.2, -0.15) is 0 Å². The van der Waals surface area contributed by atoms with Gasteiger partial charge in [0.2, 0.25) is 0 Å². The monoisotopic (exact) mass is 303 g/mol. The Morgan fingerprint density at radius 1 is 1.09 bits per heavy atom. The minimum atomic E-state index is -0.370. The van der Waals surface area contributed by atoms with Gasteiger partial charge in [0.15, 0.2) is 0 Å². The Kier molecular flexibility index (Phi) is 4.20. The topological polar surface area (TPSA) is 39.2 Å². The van der Waals surface area contributed by atoms with Gasteiger partial charge in [0.25, 0.3) is 0 Å². The summed E-state index contributed by atoms with van der Waals surface area (Å²) in [7, 11) is 1.39. The number of pyridine rings is 1. The average molecular weight is 303 g/mol. The first-order chi connectivity index (χ1) is 11.3. The summed E-state index contributed by atoms with van der Waals surface area (Å²) in [5.74, 6) is -0.370. The predicted molar refractivity (Wildman–Crippen MR) is 92.4 cm³/mol. The highest BCUT2D eigenvalue weighted by atomic mass is 16.5. The number of esters is 1. The van der Waals surface area contributed by atoms with Crippen molar-refractivity contribution in [1.29, 1.82) is 0 Å². The van der Waals surface area contributed by atoms with Crippen molar-refractivity contribution >= 4 is 16.7 Å². The number of hydrogen-bond acceptors (Lipinski definition) is 3. The molecule has 0 radical (unpaired) electrons. The van der Waals surface area contributed by atoms with Gasteiger partial charge in [-0.1, -0.05) is 60.7 Å². The molecule has 3 heteroatoms. The fourth-order valence-electron chi connectivity index (χ4n) is 2.74. The van der Waals surface area contributed by atoms with E-state index in [1.165, 1.54) is 7.11 Å². The predicted octanol–water partition coefficient (Wildman–Crippen LogP) is 4.42. The van der Waals surface area contributed by atoms with Crippen LogP contribution in [0, 0.1) is 0 Å². The molecule has 0 fully saturated rings. The van der Waals surface area contributed by atoms with Crippen molar-refractivity contribution in [3.63, 3.8) is 0 Å². The van der Waals surface area contributed by atoms with Crippen LogP contribution in [0.15, 0.2) is 67.3 Å². The lowest BCUT2D eigenvalue weighted by Crippen LogP contribution is -2.09. The minimum absolute atomic E-state index is 0.370.